The smallest absolute Gasteiger partial charge is 0.230 e. The number of benzene rings is 1. The first-order valence-corrected chi connectivity index (χ1v) is 10.7. The highest BCUT2D eigenvalue weighted by Gasteiger charge is 2.51. The molecule has 4 fully saturated rings. The van der Waals surface area contributed by atoms with Gasteiger partial charge in [-0.2, -0.15) is 0 Å². The van der Waals surface area contributed by atoms with Gasteiger partial charge in [-0.05, 0) is 67.9 Å². The third kappa shape index (κ3) is 3.48. The normalized spacial score (nSPS) is 34.6. The van der Waals surface area contributed by atoms with Crippen molar-refractivity contribution in [1.82, 2.24) is 5.32 Å². The summed E-state index contributed by atoms with van der Waals surface area (Å²) < 4.78 is 1.13. The quantitative estimate of drug-likeness (QED) is 0.780. The molecule has 0 unspecified atom stereocenters. The van der Waals surface area contributed by atoms with Crippen LogP contribution in [0.5, 0.6) is 0 Å². The van der Waals surface area contributed by atoms with Crippen LogP contribution in [0.15, 0.2) is 28.7 Å². The Bertz CT molecular complexity index is 568. The topological polar surface area (TPSA) is 29.1 Å². The minimum Gasteiger partial charge on any atom is -0.350 e. The van der Waals surface area contributed by atoms with Gasteiger partial charge >= 0.3 is 0 Å². The van der Waals surface area contributed by atoms with Gasteiger partial charge in [0.05, 0.1) is 5.75 Å². The minimum absolute atomic E-state index is 0.153. The second-order valence-electron chi connectivity index (χ2n) is 7.83. The van der Waals surface area contributed by atoms with Crippen LogP contribution in [-0.4, -0.2) is 17.2 Å². The zero-order valence-corrected chi connectivity index (χ0v) is 15.8. The van der Waals surface area contributed by atoms with Gasteiger partial charge in [-0.1, -0.05) is 34.1 Å². The number of rotatable bonds is 5. The van der Waals surface area contributed by atoms with Gasteiger partial charge in [0, 0.05) is 15.8 Å². The molecule has 2 nitrogen and oxygen atoms in total. The third-order valence-electron chi connectivity index (χ3n) is 5.89. The molecule has 0 aliphatic heterocycles. The molecule has 5 rings (SSSR count). The highest BCUT2D eigenvalue weighted by atomic mass is 79.9. The number of nitrogens with one attached hydrogen (secondary N) is 1. The van der Waals surface area contributed by atoms with E-state index in [0.717, 1.165) is 28.0 Å². The van der Waals surface area contributed by atoms with Gasteiger partial charge in [0.15, 0.2) is 0 Å². The molecule has 4 aliphatic rings. The Balaban J connectivity index is 1.30. The first-order valence-electron chi connectivity index (χ1n) is 8.74. The summed E-state index contributed by atoms with van der Waals surface area (Å²) in [6, 6.07) is 8.26. The second kappa shape index (κ2) is 6.44. The van der Waals surface area contributed by atoms with Crippen LogP contribution in [0.1, 0.15) is 44.1 Å². The van der Waals surface area contributed by atoms with Crippen LogP contribution in [0.4, 0.5) is 0 Å². The summed E-state index contributed by atoms with van der Waals surface area (Å²) in [6.07, 6.45) is 7.97. The molecule has 0 saturated heterocycles. The van der Waals surface area contributed by atoms with Crippen LogP contribution in [-0.2, 0) is 10.5 Å². The summed E-state index contributed by atoms with van der Waals surface area (Å²) >= 11 is 5.29. The molecule has 4 saturated carbocycles. The van der Waals surface area contributed by atoms with E-state index in [1.165, 1.54) is 44.1 Å². The molecule has 4 aliphatic carbocycles. The third-order valence-corrected chi connectivity index (χ3v) is 7.65. The van der Waals surface area contributed by atoms with Crippen LogP contribution in [0.2, 0.25) is 0 Å². The Morgan fingerprint density at radius 2 is 1.74 bits per heavy atom. The molecule has 1 aromatic carbocycles. The Kier molecular flexibility index (Phi) is 4.48. The lowest BCUT2D eigenvalue weighted by molar-refractivity contribution is -0.124. The Morgan fingerprint density at radius 3 is 2.35 bits per heavy atom. The Morgan fingerprint density at radius 1 is 1.13 bits per heavy atom. The standard InChI is InChI=1S/C19H24BrNOS/c20-17-4-2-1-3-16(17)11-23-12-18(22)21-19-8-13-5-14(9-19)7-15(6-13)10-19/h1-4,13-15H,5-12H2,(H,21,22). The van der Waals surface area contributed by atoms with E-state index >= 15 is 0 Å². The summed E-state index contributed by atoms with van der Waals surface area (Å²) in [5.74, 6) is 4.35. The largest absolute Gasteiger partial charge is 0.350 e. The average molecular weight is 394 g/mol. The van der Waals surface area contributed by atoms with Gasteiger partial charge in [-0.3, -0.25) is 4.79 Å². The highest BCUT2D eigenvalue weighted by Crippen LogP contribution is 2.55. The maximum absolute atomic E-state index is 12.5. The number of carbonyl (C=O) groups excluding carboxylic acids is 1. The van der Waals surface area contributed by atoms with Crippen molar-refractivity contribution >= 4 is 33.6 Å². The fourth-order valence-corrected chi connectivity index (χ4v) is 6.91. The van der Waals surface area contributed by atoms with Crippen LogP contribution < -0.4 is 5.32 Å². The van der Waals surface area contributed by atoms with E-state index in [-0.39, 0.29) is 11.4 Å². The predicted molar refractivity (Wildman–Crippen MR) is 99.3 cm³/mol. The van der Waals surface area contributed by atoms with Crippen molar-refractivity contribution in [3.8, 4) is 0 Å². The predicted octanol–water partition coefficient (Wildman–Crippen LogP) is 4.77. The van der Waals surface area contributed by atoms with Crippen LogP contribution in [0.25, 0.3) is 0 Å². The molecule has 0 heterocycles. The van der Waals surface area contributed by atoms with Crippen molar-refractivity contribution in [3.63, 3.8) is 0 Å². The van der Waals surface area contributed by atoms with E-state index in [2.05, 4.69) is 39.4 Å². The monoisotopic (exact) mass is 393 g/mol. The maximum Gasteiger partial charge on any atom is 0.230 e. The fraction of sp³-hybridized carbons (Fsp3) is 0.632. The van der Waals surface area contributed by atoms with Crippen molar-refractivity contribution in [3.05, 3.63) is 34.3 Å². The first-order chi connectivity index (χ1) is 11.1. The molecule has 1 aromatic rings. The number of hydrogen-bond acceptors (Lipinski definition) is 2. The molecule has 0 atom stereocenters. The molecular weight excluding hydrogens is 370 g/mol. The molecule has 1 amide bonds. The molecular formula is C19H24BrNOS. The van der Waals surface area contributed by atoms with Crippen LogP contribution in [0.3, 0.4) is 0 Å². The fourth-order valence-electron chi connectivity index (χ4n) is 5.46. The Labute approximate surface area is 151 Å². The summed E-state index contributed by atoms with van der Waals surface area (Å²) in [5, 5.41) is 3.45. The number of carbonyl (C=O) groups is 1. The Hall–Kier alpha value is -0.480. The van der Waals surface area contributed by atoms with Gasteiger partial charge in [0.1, 0.15) is 0 Å². The van der Waals surface area contributed by atoms with E-state index in [1.807, 2.05) is 6.07 Å². The molecule has 4 bridgehead atoms. The minimum atomic E-state index is 0.153. The summed E-state index contributed by atoms with van der Waals surface area (Å²) in [6.45, 7) is 0. The average Bonchev–Trinajstić information content (AvgIpc) is 2.47. The van der Waals surface area contributed by atoms with Crippen molar-refractivity contribution < 1.29 is 4.79 Å². The SMILES string of the molecule is O=C(CSCc1ccccc1Br)NC12CC3CC(CC(C3)C1)C2. The van der Waals surface area contributed by atoms with E-state index in [9.17, 15) is 4.79 Å². The van der Waals surface area contributed by atoms with E-state index in [4.69, 9.17) is 0 Å². The maximum atomic E-state index is 12.5. The van der Waals surface area contributed by atoms with E-state index < -0.39 is 0 Å². The number of hydrogen-bond donors (Lipinski definition) is 1. The molecule has 4 heteroatoms. The van der Waals surface area contributed by atoms with Crippen LogP contribution in [0, 0.1) is 17.8 Å². The van der Waals surface area contributed by atoms with E-state index in [0.29, 0.717) is 5.75 Å². The molecule has 124 valence electrons. The second-order valence-corrected chi connectivity index (χ2v) is 9.67. The number of amides is 1. The van der Waals surface area contributed by atoms with Gasteiger partial charge in [0.2, 0.25) is 5.91 Å². The van der Waals surface area contributed by atoms with Crippen molar-refractivity contribution in [2.24, 2.45) is 17.8 Å². The van der Waals surface area contributed by atoms with E-state index in [1.54, 1.807) is 11.8 Å². The zero-order valence-electron chi connectivity index (χ0n) is 13.4. The number of thioether (sulfide) groups is 1. The molecule has 23 heavy (non-hydrogen) atoms. The zero-order chi connectivity index (χ0) is 15.9. The number of halogens is 1. The van der Waals surface area contributed by atoms with Crippen molar-refractivity contribution in [1.29, 1.82) is 0 Å². The molecule has 0 spiro atoms. The first kappa shape index (κ1) is 16.0. The molecule has 0 radical (unpaired) electrons. The lowest BCUT2D eigenvalue weighted by Crippen LogP contribution is -2.60. The van der Waals surface area contributed by atoms with Crippen molar-refractivity contribution in [2.75, 3.05) is 5.75 Å². The van der Waals surface area contributed by atoms with Crippen LogP contribution >= 0.6 is 27.7 Å². The summed E-state index contributed by atoms with van der Waals surface area (Å²) in [4.78, 5) is 12.5. The van der Waals surface area contributed by atoms with Gasteiger partial charge < -0.3 is 5.32 Å². The van der Waals surface area contributed by atoms with Gasteiger partial charge in [0.25, 0.3) is 0 Å². The molecule has 0 aromatic heterocycles. The highest BCUT2D eigenvalue weighted by molar-refractivity contribution is 9.10. The lowest BCUT2D eigenvalue weighted by atomic mass is 9.53. The summed E-state index contributed by atoms with van der Waals surface area (Å²) in [7, 11) is 0. The van der Waals surface area contributed by atoms with Gasteiger partial charge in [-0.25, -0.2) is 0 Å². The molecule has 1 N–H and O–H groups in total. The van der Waals surface area contributed by atoms with Gasteiger partial charge in [-0.15, -0.1) is 11.8 Å². The lowest BCUT2D eigenvalue weighted by Gasteiger charge is -2.56. The summed E-state index contributed by atoms with van der Waals surface area (Å²) in [5.41, 5.74) is 1.42. The van der Waals surface area contributed by atoms with Crippen molar-refractivity contribution in [2.45, 2.75) is 49.8 Å².